The Morgan fingerprint density at radius 2 is 1.92 bits per heavy atom. The number of hydrogen-bond acceptors (Lipinski definition) is 1. The highest BCUT2D eigenvalue weighted by molar-refractivity contribution is 5.15. The van der Waals surface area contributed by atoms with Gasteiger partial charge >= 0.3 is 0 Å². The van der Waals surface area contributed by atoms with Crippen molar-refractivity contribution in [2.24, 2.45) is 0 Å². The van der Waals surface area contributed by atoms with Crippen LogP contribution in [0.15, 0.2) is 18.5 Å². The maximum Gasteiger partial charge on any atom is 0.144 e. The molecule has 0 bridgehead atoms. The van der Waals surface area contributed by atoms with E-state index in [2.05, 4.69) is 4.98 Å². The van der Waals surface area contributed by atoms with E-state index in [0.717, 1.165) is 5.56 Å². The molecule has 0 aromatic carbocycles. The molecule has 0 spiro atoms. The Morgan fingerprint density at radius 3 is 2.25 bits per heavy atom. The Morgan fingerprint density at radius 1 is 1.33 bits per heavy atom. The zero-order valence-corrected chi connectivity index (χ0v) is 8.13. The summed E-state index contributed by atoms with van der Waals surface area (Å²) in [6, 6.07) is 1.71. The highest BCUT2D eigenvalue weighted by atomic mass is 19.1. The van der Waals surface area contributed by atoms with Gasteiger partial charge in [0.15, 0.2) is 0 Å². The molecule has 0 aliphatic rings. The summed E-state index contributed by atoms with van der Waals surface area (Å²) < 4.78 is 12.8. The Balaban J connectivity index is 0.000000561. The van der Waals surface area contributed by atoms with Crippen molar-refractivity contribution in [3.63, 3.8) is 0 Å². The molecule has 0 amide bonds. The lowest BCUT2D eigenvalue weighted by Gasteiger charge is -2.03. The first-order valence-electron chi connectivity index (χ1n) is 4.31. The summed E-state index contributed by atoms with van der Waals surface area (Å²) in [4.78, 5) is 3.65. The van der Waals surface area contributed by atoms with Gasteiger partial charge in [0.25, 0.3) is 0 Å². The Labute approximate surface area is 73.6 Å². The molecule has 0 unspecified atom stereocenters. The molecule has 1 rings (SSSR count). The molecule has 0 radical (unpaired) electrons. The van der Waals surface area contributed by atoms with Gasteiger partial charge in [-0.05, 0) is 17.5 Å². The van der Waals surface area contributed by atoms with Gasteiger partial charge in [0, 0.05) is 6.20 Å². The molecule has 0 aliphatic heterocycles. The first kappa shape index (κ1) is 11.1. The summed E-state index contributed by atoms with van der Waals surface area (Å²) >= 11 is 0. The molecular weight excluding hydrogens is 153 g/mol. The molecule has 1 aromatic rings. The van der Waals surface area contributed by atoms with E-state index in [1.54, 1.807) is 12.3 Å². The molecule has 2 heteroatoms. The summed E-state index contributed by atoms with van der Waals surface area (Å²) in [7, 11) is 0. The summed E-state index contributed by atoms with van der Waals surface area (Å²) in [6.45, 7) is 7.91. The molecule has 0 aliphatic carbocycles. The van der Waals surface area contributed by atoms with E-state index < -0.39 is 0 Å². The van der Waals surface area contributed by atoms with Gasteiger partial charge in [0.1, 0.15) is 5.82 Å². The zero-order chi connectivity index (χ0) is 9.56. The molecule has 0 N–H and O–H groups in total. The van der Waals surface area contributed by atoms with Crippen molar-refractivity contribution in [1.82, 2.24) is 4.98 Å². The first-order chi connectivity index (χ1) is 5.72. The van der Waals surface area contributed by atoms with E-state index in [4.69, 9.17) is 0 Å². The standard InChI is InChI=1S/C8H10FN.C2H6/c1-6(2)7-3-4-10-5-8(7)9;1-2/h3-6H,1-2H3;1-2H3. The van der Waals surface area contributed by atoms with Crippen molar-refractivity contribution in [2.75, 3.05) is 0 Å². The van der Waals surface area contributed by atoms with Gasteiger partial charge in [0.2, 0.25) is 0 Å². The van der Waals surface area contributed by atoms with E-state index in [1.165, 1.54) is 6.20 Å². The molecular formula is C10H16FN. The lowest BCUT2D eigenvalue weighted by molar-refractivity contribution is 0.592. The van der Waals surface area contributed by atoms with Crippen LogP contribution in [-0.4, -0.2) is 4.98 Å². The molecule has 1 heterocycles. The normalized spacial score (nSPS) is 9.17. The minimum Gasteiger partial charge on any atom is -0.262 e. The smallest absolute Gasteiger partial charge is 0.144 e. The highest BCUT2D eigenvalue weighted by Gasteiger charge is 2.03. The van der Waals surface area contributed by atoms with Gasteiger partial charge in [-0.3, -0.25) is 4.98 Å². The highest BCUT2D eigenvalue weighted by Crippen LogP contribution is 2.15. The average Bonchev–Trinajstić information content (AvgIpc) is 2.08. The molecule has 12 heavy (non-hydrogen) atoms. The minimum atomic E-state index is -0.211. The topological polar surface area (TPSA) is 12.9 Å². The van der Waals surface area contributed by atoms with Crippen LogP contribution in [0.25, 0.3) is 0 Å². The summed E-state index contributed by atoms with van der Waals surface area (Å²) in [5.41, 5.74) is 0.731. The second-order valence-corrected chi connectivity index (χ2v) is 2.55. The van der Waals surface area contributed by atoms with E-state index >= 15 is 0 Å². The maximum absolute atomic E-state index is 12.8. The quantitative estimate of drug-likeness (QED) is 0.628. The lowest BCUT2D eigenvalue weighted by atomic mass is 10.1. The van der Waals surface area contributed by atoms with E-state index in [0.29, 0.717) is 0 Å². The van der Waals surface area contributed by atoms with Gasteiger partial charge in [0.05, 0.1) is 6.20 Å². The fourth-order valence-electron chi connectivity index (χ4n) is 0.854. The third-order valence-electron chi connectivity index (χ3n) is 1.43. The summed E-state index contributed by atoms with van der Waals surface area (Å²) in [5, 5.41) is 0. The van der Waals surface area contributed by atoms with Crippen LogP contribution in [0.5, 0.6) is 0 Å². The molecule has 0 fully saturated rings. The van der Waals surface area contributed by atoms with Crippen LogP contribution in [0.2, 0.25) is 0 Å². The van der Waals surface area contributed by atoms with Crippen LogP contribution in [0.3, 0.4) is 0 Å². The predicted octanol–water partition coefficient (Wildman–Crippen LogP) is 3.37. The molecule has 0 saturated heterocycles. The fraction of sp³-hybridized carbons (Fsp3) is 0.500. The second kappa shape index (κ2) is 5.70. The van der Waals surface area contributed by atoms with Crippen LogP contribution >= 0.6 is 0 Å². The van der Waals surface area contributed by atoms with Crippen molar-refractivity contribution in [3.05, 3.63) is 29.8 Å². The van der Waals surface area contributed by atoms with Crippen LogP contribution in [0.4, 0.5) is 4.39 Å². The van der Waals surface area contributed by atoms with Crippen LogP contribution < -0.4 is 0 Å². The van der Waals surface area contributed by atoms with Crippen molar-refractivity contribution in [2.45, 2.75) is 33.6 Å². The van der Waals surface area contributed by atoms with Crippen molar-refractivity contribution in [3.8, 4) is 0 Å². The molecule has 0 atom stereocenters. The molecule has 1 aromatic heterocycles. The molecule has 68 valence electrons. The number of pyridine rings is 1. The summed E-state index contributed by atoms with van der Waals surface area (Å²) in [6.07, 6.45) is 2.85. The van der Waals surface area contributed by atoms with Gasteiger partial charge < -0.3 is 0 Å². The number of rotatable bonds is 1. The van der Waals surface area contributed by atoms with Crippen LogP contribution in [0.1, 0.15) is 39.2 Å². The van der Waals surface area contributed by atoms with E-state index in [9.17, 15) is 4.39 Å². The second-order valence-electron chi connectivity index (χ2n) is 2.55. The SMILES string of the molecule is CC.CC(C)c1ccncc1F. The predicted molar refractivity (Wildman–Crippen MR) is 49.6 cm³/mol. The number of halogens is 1. The third kappa shape index (κ3) is 2.99. The van der Waals surface area contributed by atoms with Crippen molar-refractivity contribution in [1.29, 1.82) is 0 Å². The first-order valence-corrected chi connectivity index (χ1v) is 4.31. The largest absolute Gasteiger partial charge is 0.262 e. The Bertz CT molecular complexity index is 221. The van der Waals surface area contributed by atoms with Crippen LogP contribution in [-0.2, 0) is 0 Å². The van der Waals surface area contributed by atoms with Gasteiger partial charge in [-0.2, -0.15) is 0 Å². The number of hydrogen-bond donors (Lipinski definition) is 0. The fourth-order valence-corrected chi connectivity index (χ4v) is 0.854. The van der Waals surface area contributed by atoms with Crippen molar-refractivity contribution >= 4 is 0 Å². The van der Waals surface area contributed by atoms with Gasteiger partial charge in [-0.1, -0.05) is 27.7 Å². The van der Waals surface area contributed by atoms with Gasteiger partial charge in [-0.25, -0.2) is 4.39 Å². The van der Waals surface area contributed by atoms with Crippen LogP contribution in [0, 0.1) is 5.82 Å². The Kier molecular flexibility index (Phi) is 5.26. The monoisotopic (exact) mass is 169 g/mol. The van der Waals surface area contributed by atoms with E-state index in [-0.39, 0.29) is 11.7 Å². The minimum absolute atomic E-state index is 0.211. The van der Waals surface area contributed by atoms with E-state index in [1.807, 2.05) is 27.7 Å². The molecule has 0 saturated carbocycles. The number of nitrogens with zero attached hydrogens (tertiary/aromatic N) is 1. The van der Waals surface area contributed by atoms with Gasteiger partial charge in [-0.15, -0.1) is 0 Å². The Hall–Kier alpha value is -0.920. The maximum atomic E-state index is 12.8. The third-order valence-corrected chi connectivity index (χ3v) is 1.43. The lowest BCUT2D eigenvalue weighted by Crippen LogP contribution is -1.92. The molecule has 1 nitrogen and oxygen atoms in total. The zero-order valence-electron chi connectivity index (χ0n) is 8.13. The number of aromatic nitrogens is 1. The average molecular weight is 169 g/mol. The van der Waals surface area contributed by atoms with Crippen molar-refractivity contribution < 1.29 is 4.39 Å². The summed E-state index contributed by atoms with van der Waals surface area (Å²) in [5.74, 6) is 0.0282.